The lowest BCUT2D eigenvalue weighted by atomic mass is 9.98. The number of nitrogens with zero attached hydrogens (tertiary/aromatic N) is 3. The molecule has 1 heterocycles. The van der Waals surface area contributed by atoms with Gasteiger partial charge in [0.15, 0.2) is 5.78 Å². The van der Waals surface area contributed by atoms with E-state index in [1.54, 1.807) is 54.6 Å². The lowest BCUT2D eigenvalue weighted by Gasteiger charge is -2.29. The molecule has 3 amide bonds. The number of carbonyl (C=O) groups is 3. The monoisotopic (exact) mass is 662 g/mol. The summed E-state index contributed by atoms with van der Waals surface area (Å²) in [6.45, 7) is 1.77. The van der Waals surface area contributed by atoms with E-state index in [0.717, 1.165) is 61.3 Å². The summed E-state index contributed by atoms with van der Waals surface area (Å²) in [7, 11) is 0. The number of rotatable bonds is 8. The first-order valence-corrected chi connectivity index (χ1v) is 15.2. The molecule has 0 aliphatic carbocycles. The predicted molar refractivity (Wildman–Crippen MR) is 174 cm³/mol. The zero-order valence-corrected chi connectivity index (χ0v) is 25.7. The highest BCUT2D eigenvalue weighted by atomic mass is 35.5. The number of imide groups is 1. The highest BCUT2D eigenvalue weighted by Gasteiger charge is 2.33. The maximum absolute atomic E-state index is 13.9. The van der Waals surface area contributed by atoms with Gasteiger partial charge in [0.2, 0.25) is 0 Å². The molecule has 242 valence electrons. The highest BCUT2D eigenvalue weighted by molar-refractivity contribution is 6.31. The van der Waals surface area contributed by atoms with E-state index < -0.39 is 40.6 Å². The molecule has 0 saturated carbocycles. The number of nitrogens with one attached hydrogen (secondary N) is 1. The van der Waals surface area contributed by atoms with E-state index in [9.17, 15) is 32.7 Å². The second-order valence-electron chi connectivity index (χ2n) is 10.9. The Morgan fingerprint density at radius 2 is 1.55 bits per heavy atom. The second-order valence-corrected chi connectivity index (χ2v) is 11.3. The molecule has 1 aliphatic heterocycles. The van der Waals surface area contributed by atoms with Gasteiger partial charge in [-0.25, -0.2) is 15.1 Å². The van der Waals surface area contributed by atoms with Crippen molar-refractivity contribution < 1.29 is 32.7 Å². The molecule has 1 unspecified atom stereocenters. The molecule has 0 aromatic heterocycles. The van der Waals surface area contributed by atoms with Crippen molar-refractivity contribution in [2.45, 2.75) is 31.5 Å². The van der Waals surface area contributed by atoms with Gasteiger partial charge in [-0.15, -0.1) is 0 Å². The molecule has 0 radical (unpaired) electrons. The Bertz CT molecular complexity index is 1780. The first kappa shape index (κ1) is 33.4. The van der Waals surface area contributed by atoms with Crippen molar-refractivity contribution in [1.82, 2.24) is 5.43 Å². The van der Waals surface area contributed by atoms with Gasteiger partial charge < -0.3 is 10.0 Å². The molecule has 1 aliphatic rings. The van der Waals surface area contributed by atoms with Crippen molar-refractivity contribution in [2.75, 3.05) is 22.9 Å². The Balaban J connectivity index is 1.42. The van der Waals surface area contributed by atoms with Crippen molar-refractivity contribution in [1.29, 1.82) is 0 Å². The topological polar surface area (TPSA) is 102 Å². The first-order chi connectivity index (χ1) is 22.5. The van der Waals surface area contributed by atoms with Crippen LogP contribution in [-0.4, -0.2) is 42.1 Å². The van der Waals surface area contributed by atoms with Crippen LogP contribution in [0.15, 0.2) is 102 Å². The number of urea groups is 1. The number of amides is 3. The Kier molecular flexibility index (Phi) is 10.4. The summed E-state index contributed by atoms with van der Waals surface area (Å²) in [5.41, 5.74) is 2.67. The van der Waals surface area contributed by atoms with E-state index in [1.165, 1.54) is 30.3 Å². The molecule has 1 fully saturated rings. The largest absolute Gasteiger partial charge is 0.417 e. The fourth-order valence-corrected chi connectivity index (χ4v) is 5.45. The number of benzene rings is 4. The van der Waals surface area contributed by atoms with Gasteiger partial charge in [0, 0.05) is 29.9 Å². The first-order valence-electron chi connectivity index (χ1n) is 14.8. The van der Waals surface area contributed by atoms with Crippen LogP contribution >= 0.6 is 11.6 Å². The molecule has 4 aromatic carbocycles. The molecular weight excluding hydrogens is 633 g/mol. The zero-order chi connectivity index (χ0) is 33.6. The fraction of sp³-hybridized carbons (Fsp3) is 0.200. The van der Waals surface area contributed by atoms with Crippen molar-refractivity contribution in [2.24, 2.45) is 5.10 Å². The fourth-order valence-electron chi connectivity index (χ4n) is 5.22. The number of aliphatic hydroxyl groups is 1. The van der Waals surface area contributed by atoms with E-state index in [0.29, 0.717) is 5.56 Å². The summed E-state index contributed by atoms with van der Waals surface area (Å²) >= 11 is 5.69. The second kappa shape index (κ2) is 14.6. The molecule has 8 nitrogen and oxygen atoms in total. The summed E-state index contributed by atoms with van der Waals surface area (Å²) < 4.78 is 39.9. The summed E-state index contributed by atoms with van der Waals surface area (Å²) in [6, 6.07) is 22.9. The Labute approximate surface area is 274 Å². The molecule has 47 heavy (non-hydrogen) atoms. The van der Waals surface area contributed by atoms with Gasteiger partial charge in [0.1, 0.15) is 6.10 Å². The number of carbonyl (C=O) groups excluding carboxylic acids is 3. The Morgan fingerprint density at radius 3 is 2.23 bits per heavy atom. The summed E-state index contributed by atoms with van der Waals surface area (Å²) in [5.74, 6) is -1.45. The number of hydrazone groups is 1. The standard InChI is InChI=1S/C35H30ClF3N4O4/c36-30-17-12-23(20-29(30)35(37,38)39)22-40-41-34(47)43(28-15-13-27(14-16-28)42-18-5-2-6-19-42)33(46)26-11-7-10-25(21-26)32(45)31(44)24-8-3-1-4-9-24/h1,3-4,7-17,20-22,31,44H,2,5-6,18-19H2,(H,41,47). The molecule has 1 saturated heterocycles. The number of anilines is 2. The van der Waals surface area contributed by atoms with Crippen LogP contribution in [0, 0.1) is 0 Å². The van der Waals surface area contributed by atoms with Gasteiger partial charge >= 0.3 is 12.2 Å². The van der Waals surface area contributed by atoms with E-state index in [1.807, 2.05) is 0 Å². The van der Waals surface area contributed by atoms with Crippen molar-refractivity contribution in [3.63, 3.8) is 0 Å². The van der Waals surface area contributed by atoms with Crippen LogP contribution in [0.1, 0.15) is 62.8 Å². The average Bonchev–Trinajstić information content (AvgIpc) is 3.09. The van der Waals surface area contributed by atoms with E-state index in [4.69, 9.17) is 11.6 Å². The number of piperidine rings is 1. The zero-order valence-electron chi connectivity index (χ0n) is 25.0. The van der Waals surface area contributed by atoms with Gasteiger partial charge in [0.25, 0.3) is 5.91 Å². The number of Topliss-reactive ketones (excluding diaryl/α,β-unsaturated/α-hetero) is 1. The third kappa shape index (κ3) is 8.05. The third-order valence-electron chi connectivity index (χ3n) is 7.66. The Hall–Kier alpha value is -5.00. The lowest BCUT2D eigenvalue weighted by Crippen LogP contribution is -2.42. The van der Waals surface area contributed by atoms with Gasteiger partial charge in [-0.2, -0.15) is 18.3 Å². The molecule has 1 atom stereocenters. The summed E-state index contributed by atoms with van der Waals surface area (Å²) in [6.07, 6.45) is -1.91. The van der Waals surface area contributed by atoms with E-state index >= 15 is 0 Å². The van der Waals surface area contributed by atoms with Gasteiger partial charge in [-0.05, 0) is 78.9 Å². The number of alkyl halides is 3. The third-order valence-corrected chi connectivity index (χ3v) is 7.99. The molecule has 0 spiro atoms. The number of hydrogen-bond donors (Lipinski definition) is 2. The number of hydrogen-bond acceptors (Lipinski definition) is 6. The van der Waals surface area contributed by atoms with Crippen LogP contribution < -0.4 is 15.2 Å². The summed E-state index contributed by atoms with van der Waals surface area (Å²) in [4.78, 5) is 43.5. The van der Waals surface area contributed by atoms with E-state index in [2.05, 4.69) is 15.4 Å². The Morgan fingerprint density at radius 1 is 0.872 bits per heavy atom. The molecule has 0 bridgehead atoms. The maximum Gasteiger partial charge on any atom is 0.417 e. The molecule has 5 rings (SSSR count). The predicted octanol–water partition coefficient (Wildman–Crippen LogP) is 7.66. The maximum atomic E-state index is 13.9. The molecule has 2 N–H and O–H groups in total. The van der Waals surface area contributed by atoms with Crippen molar-refractivity contribution in [3.8, 4) is 0 Å². The number of ketones is 1. The minimum absolute atomic E-state index is 0.00831. The average molecular weight is 663 g/mol. The smallest absolute Gasteiger partial charge is 0.380 e. The van der Waals surface area contributed by atoms with Crippen LogP contribution in [-0.2, 0) is 6.18 Å². The summed E-state index contributed by atoms with van der Waals surface area (Å²) in [5, 5.41) is 14.0. The van der Waals surface area contributed by atoms with Crippen molar-refractivity contribution >= 4 is 46.9 Å². The molecule has 4 aromatic rings. The number of halogens is 4. The normalized spacial score (nSPS) is 14.1. The quantitative estimate of drug-likeness (QED) is 0.115. The minimum Gasteiger partial charge on any atom is -0.380 e. The van der Waals surface area contributed by atoms with Gasteiger partial charge in [-0.1, -0.05) is 60.1 Å². The van der Waals surface area contributed by atoms with Crippen LogP contribution in [0.3, 0.4) is 0 Å². The van der Waals surface area contributed by atoms with Crippen LogP contribution in [0.4, 0.5) is 29.3 Å². The van der Waals surface area contributed by atoms with Crippen LogP contribution in [0.2, 0.25) is 5.02 Å². The van der Waals surface area contributed by atoms with Crippen LogP contribution in [0.25, 0.3) is 0 Å². The van der Waals surface area contributed by atoms with E-state index in [-0.39, 0.29) is 22.4 Å². The lowest BCUT2D eigenvalue weighted by molar-refractivity contribution is -0.137. The van der Waals surface area contributed by atoms with Gasteiger partial charge in [-0.3, -0.25) is 9.59 Å². The molecule has 12 heteroatoms. The SMILES string of the molecule is O=C(c1cccc(C(=O)N(C(=O)NN=Cc2ccc(Cl)c(C(F)(F)F)c2)c2ccc(N3CCCCC3)cc2)c1)C(O)c1ccccc1. The van der Waals surface area contributed by atoms with Crippen LogP contribution in [0.5, 0.6) is 0 Å². The molecular formula is C35H30ClF3N4O4. The van der Waals surface area contributed by atoms with Gasteiger partial charge in [0.05, 0.1) is 22.5 Å². The minimum atomic E-state index is -4.69. The number of aliphatic hydroxyl groups excluding tert-OH is 1. The van der Waals surface area contributed by atoms with Crippen molar-refractivity contribution in [3.05, 3.63) is 130 Å². The highest BCUT2D eigenvalue weighted by Crippen LogP contribution is 2.35.